The first-order valence-corrected chi connectivity index (χ1v) is 8.95. The maximum atomic E-state index is 9.30. The highest BCUT2D eigenvalue weighted by Crippen LogP contribution is 2.28. The summed E-state index contributed by atoms with van der Waals surface area (Å²) in [5.74, 6) is 0. The zero-order chi connectivity index (χ0) is 20.3. The second-order valence-electron chi connectivity index (χ2n) is 7.75. The van der Waals surface area contributed by atoms with Gasteiger partial charge in [0.05, 0.1) is 5.69 Å². The molecule has 0 aliphatic rings. The average Bonchev–Trinajstić information content (AvgIpc) is 3.03. The number of aliphatic imine (C=N–C) groups is 1. The summed E-state index contributed by atoms with van der Waals surface area (Å²) in [7, 11) is 1.78. The molecule has 3 aromatic rings. The number of pyridine rings is 1. The van der Waals surface area contributed by atoms with Gasteiger partial charge in [-0.05, 0) is 29.7 Å². The van der Waals surface area contributed by atoms with Crippen molar-refractivity contribution in [1.82, 2.24) is 20.0 Å². The Kier molecular flexibility index (Phi) is 5.23. The Bertz CT molecular complexity index is 1110. The Morgan fingerprint density at radius 2 is 1.96 bits per heavy atom. The van der Waals surface area contributed by atoms with Gasteiger partial charge < -0.3 is 5.73 Å². The van der Waals surface area contributed by atoms with Crippen LogP contribution in [0.2, 0.25) is 0 Å². The smallest absolute Gasteiger partial charge is 0.141 e. The van der Waals surface area contributed by atoms with E-state index in [4.69, 9.17) is 5.73 Å². The number of hydrogen-bond acceptors (Lipinski definition) is 6. The van der Waals surface area contributed by atoms with Gasteiger partial charge in [0, 0.05) is 42.7 Å². The lowest BCUT2D eigenvalue weighted by atomic mass is 9.97. The highest BCUT2D eigenvalue weighted by atomic mass is 15.4. The van der Waals surface area contributed by atoms with E-state index in [2.05, 4.69) is 47.0 Å². The van der Waals surface area contributed by atoms with Crippen LogP contribution in [0.5, 0.6) is 0 Å². The fraction of sp³-hybridized carbons (Fsp3) is 0.286. The van der Waals surface area contributed by atoms with Crippen molar-refractivity contribution in [2.24, 2.45) is 23.2 Å². The van der Waals surface area contributed by atoms with E-state index in [1.165, 1.54) is 11.0 Å². The summed E-state index contributed by atoms with van der Waals surface area (Å²) in [6, 6.07) is 11.4. The van der Waals surface area contributed by atoms with Crippen LogP contribution in [0.25, 0.3) is 27.9 Å². The van der Waals surface area contributed by atoms with E-state index in [9.17, 15) is 5.26 Å². The van der Waals surface area contributed by atoms with E-state index in [-0.39, 0.29) is 5.41 Å². The number of allylic oxidation sites excluding steroid dienone is 1. The Balaban J connectivity index is 2.10. The number of nitrogens with zero attached hydrogens (tertiary/aromatic N) is 6. The molecule has 2 N–H and O–H groups in total. The first kappa shape index (κ1) is 19.2. The SMILES string of the molecule is Cn1nc2ccc(-c3nc(C#N)ccc3C(C=NCC(C)(C)C)=CN)cc2n1. The lowest BCUT2D eigenvalue weighted by Crippen LogP contribution is -2.09. The lowest BCUT2D eigenvalue weighted by molar-refractivity contribution is 0.430. The number of hydrogen-bond donors (Lipinski definition) is 1. The van der Waals surface area contributed by atoms with Crippen LogP contribution in [-0.4, -0.2) is 32.7 Å². The van der Waals surface area contributed by atoms with Crippen molar-refractivity contribution in [3.05, 3.63) is 47.8 Å². The Labute approximate surface area is 164 Å². The number of benzene rings is 1. The van der Waals surface area contributed by atoms with E-state index in [1.54, 1.807) is 19.3 Å². The third-order valence-electron chi connectivity index (χ3n) is 4.05. The largest absolute Gasteiger partial charge is 0.404 e. The first-order valence-electron chi connectivity index (χ1n) is 8.95. The van der Waals surface area contributed by atoms with Crippen molar-refractivity contribution in [1.29, 1.82) is 5.26 Å². The molecule has 2 heterocycles. The van der Waals surface area contributed by atoms with Crippen LogP contribution in [0.4, 0.5) is 0 Å². The van der Waals surface area contributed by atoms with Crippen molar-refractivity contribution < 1.29 is 0 Å². The van der Waals surface area contributed by atoms with Gasteiger partial charge in [-0.25, -0.2) is 4.98 Å². The fourth-order valence-electron chi connectivity index (χ4n) is 2.76. The average molecular weight is 373 g/mol. The maximum Gasteiger partial charge on any atom is 0.141 e. The zero-order valence-corrected chi connectivity index (χ0v) is 16.5. The van der Waals surface area contributed by atoms with Gasteiger partial charge >= 0.3 is 0 Å². The zero-order valence-electron chi connectivity index (χ0n) is 16.5. The molecule has 142 valence electrons. The molecule has 0 atom stereocenters. The van der Waals surface area contributed by atoms with Crippen LogP contribution in [0, 0.1) is 16.7 Å². The highest BCUT2D eigenvalue weighted by molar-refractivity contribution is 6.11. The minimum absolute atomic E-state index is 0.0823. The Morgan fingerprint density at radius 1 is 1.21 bits per heavy atom. The summed E-state index contributed by atoms with van der Waals surface area (Å²) >= 11 is 0. The molecule has 0 bridgehead atoms. The molecule has 0 aliphatic carbocycles. The van der Waals surface area contributed by atoms with E-state index >= 15 is 0 Å². The molecule has 7 heteroatoms. The summed E-state index contributed by atoms with van der Waals surface area (Å²) in [5.41, 5.74) is 10.9. The van der Waals surface area contributed by atoms with E-state index in [0.717, 1.165) is 27.7 Å². The van der Waals surface area contributed by atoms with E-state index in [0.29, 0.717) is 17.9 Å². The normalized spacial score (nSPS) is 12.6. The molecule has 1 aromatic carbocycles. The van der Waals surface area contributed by atoms with Crippen LogP contribution < -0.4 is 5.73 Å². The van der Waals surface area contributed by atoms with Crippen LogP contribution in [0.1, 0.15) is 32.0 Å². The molecule has 7 nitrogen and oxygen atoms in total. The van der Waals surface area contributed by atoms with Gasteiger partial charge in [0.2, 0.25) is 0 Å². The monoisotopic (exact) mass is 373 g/mol. The van der Waals surface area contributed by atoms with Crippen molar-refractivity contribution in [2.75, 3.05) is 6.54 Å². The van der Waals surface area contributed by atoms with Gasteiger partial charge in [-0.2, -0.15) is 20.3 Å². The third kappa shape index (κ3) is 4.23. The summed E-state index contributed by atoms with van der Waals surface area (Å²) in [5, 5.41) is 18.0. The highest BCUT2D eigenvalue weighted by Gasteiger charge is 2.14. The maximum absolute atomic E-state index is 9.30. The summed E-state index contributed by atoms with van der Waals surface area (Å²) in [4.78, 5) is 10.6. The number of aryl methyl sites for hydroxylation is 1. The van der Waals surface area contributed by atoms with Gasteiger partial charge in [-0.1, -0.05) is 26.8 Å². The fourth-order valence-corrected chi connectivity index (χ4v) is 2.76. The van der Waals surface area contributed by atoms with Crippen molar-refractivity contribution in [2.45, 2.75) is 20.8 Å². The quantitative estimate of drug-likeness (QED) is 0.706. The molecule has 2 aromatic heterocycles. The van der Waals surface area contributed by atoms with Crippen LogP contribution in [0.3, 0.4) is 0 Å². The molecule has 28 heavy (non-hydrogen) atoms. The standard InChI is InChI=1S/C21H23N7/c1-21(2,3)13-24-12-15(10-22)17-7-6-16(11-23)25-20(17)14-5-8-18-19(9-14)27-28(4)26-18/h5-10,12H,13,22H2,1-4H3. The van der Waals surface area contributed by atoms with Crippen molar-refractivity contribution in [3.63, 3.8) is 0 Å². The number of fused-ring (bicyclic) bond motifs is 1. The van der Waals surface area contributed by atoms with Gasteiger partial charge in [0.15, 0.2) is 0 Å². The van der Waals surface area contributed by atoms with E-state index < -0.39 is 0 Å². The Morgan fingerprint density at radius 3 is 2.64 bits per heavy atom. The Hall–Kier alpha value is -3.53. The minimum Gasteiger partial charge on any atom is -0.404 e. The number of nitrogens with two attached hydrogens (primary N) is 1. The van der Waals surface area contributed by atoms with Crippen LogP contribution in [-0.2, 0) is 7.05 Å². The molecule has 0 unspecified atom stereocenters. The number of aromatic nitrogens is 4. The molecule has 3 rings (SSSR count). The minimum atomic E-state index is 0.0823. The van der Waals surface area contributed by atoms with Gasteiger partial charge in [0.1, 0.15) is 22.8 Å². The summed E-state index contributed by atoms with van der Waals surface area (Å²) in [6.07, 6.45) is 3.28. The first-order chi connectivity index (χ1) is 13.3. The van der Waals surface area contributed by atoms with E-state index in [1.807, 2.05) is 24.3 Å². The molecule has 0 fully saturated rings. The molecule has 0 amide bonds. The predicted octanol–water partition coefficient (Wildman–Crippen LogP) is 3.32. The molecule has 0 saturated heterocycles. The van der Waals surface area contributed by atoms with Crippen LogP contribution in [0.15, 0.2) is 41.5 Å². The molecule has 0 saturated carbocycles. The lowest BCUT2D eigenvalue weighted by Gasteiger charge is -2.14. The summed E-state index contributed by atoms with van der Waals surface area (Å²) < 4.78 is 0. The van der Waals surface area contributed by atoms with Gasteiger partial charge in [-0.3, -0.25) is 4.99 Å². The second-order valence-corrected chi connectivity index (χ2v) is 7.75. The third-order valence-corrected chi connectivity index (χ3v) is 4.05. The topological polar surface area (TPSA) is 106 Å². The predicted molar refractivity (Wildman–Crippen MR) is 111 cm³/mol. The molecule has 0 radical (unpaired) electrons. The molecule has 0 aliphatic heterocycles. The molecular formula is C21H23N7. The number of nitriles is 1. The van der Waals surface area contributed by atoms with Crippen molar-refractivity contribution >= 4 is 22.8 Å². The molecular weight excluding hydrogens is 350 g/mol. The molecule has 0 spiro atoms. The second kappa shape index (κ2) is 7.61. The van der Waals surface area contributed by atoms with Crippen molar-refractivity contribution in [3.8, 4) is 17.3 Å². The van der Waals surface area contributed by atoms with Gasteiger partial charge in [0.25, 0.3) is 0 Å². The number of rotatable bonds is 4. The van der Waals surface area contributed by atoms with Crippen LogP contribution >= 0.6 is 0 Å². The summed E-state index contributed by atoms with van der Waals surface area (Å²) in [6.45, 7) is 7.05. The van der Waals surface area contributed by atoms with Gasteiger partial charge in [-0.15, -0.1) is 0 Å².